The molecule has 0 aromatic heterocycles. The number of methoxy groups -OCH3 is 1. The van der Waals surface area contributed by atoms with E-state index in [-0.39, 0.29) is 21.9 Å². The van der Waals surface area contributed by atoms with Crippen molar-refractivity contribution in [1.29, 1.82) is 0 Å². The number of esters is 1. The van der Waals surface area contributed by atoms with E-state index in [9.17, 15) is 14.7 Å². The van der Waals surface area contributed by atoms with Gasteiger partial charge in [0.1, 0.15) is 0 Å². The molecule has 0 saturated heterocycles. The molecular formula is C22H16Cl2N2O5. The fourth-order valence-corrected chi connectivity index (χ4v) is 3.09. The van der Waals surface area contributed by atoms with Gasteiger partial charge in [0, 0.05) is 5.02 Å². The summed E-state index contributed by atoms with van der Waals surface area (Å²) in [6.45, 7) is 0. The Morgan fingerprint density at radius 3 is 2.48 bits per heavy atom. The Morgan fingerprint density at radius 1 is 1.00 bits per heavy atom. The normalized spacial score (nSPS) is 10.7. The maximum Gasteiger partial charge on any atom is 0.345 e. The summed E-state index contributed by atoms with van der Waals surface area (Å²) in [6.07, 6.45) is 1.48. The third-order valence-corrected chi connectivity index (χ3v) is 4.65. The summed E-state index contributed by atoms with van der Waals surface area (Å²) in [6, 6.07) is 15.7. The summed E-state index contributed by atoms with van der Waals surface area (Å²) >= 11 is 11.9. The van der Waals surface area contributed by atoms with E-state index in [0.29, 0.717) is 22.0 Å². The van der Waals surface area contributed by atoms with Gasteiger partial charge < -0.3 is 14.6 Å². The number of hydrazone groups is 1. The average Bonchev–Trinajstić information content (AvgIpc) is 2.74. The van der Waals surface area contributed by atoms with Gasteiger partial charge in [0.25, 0.3) is 0 Å². The monoisotopic (exact) mass is 458 g/mol. The molecular weight excluding hydrogens is 443 g/mol. The van der Waals surface area contributed by atoms with E-state index in [1.165, 1.54) is 37.6 Å². The minimum atomic E-state index is -1.06. The van der Waals surface area contributed by atoms with E-state index in [1.54, 1.807) is 36.4 Å². The van der Waals surface area contributed by atoms with Gasteiger partial charge >= 0.3 is 11.9 Å². The lowest BCUT2D eigenvalue weighted by atomic mass is 10.2. The van der Waals surface area contributed by atoms with Gasteiger partial charge in [-0.1, -0.05) is 35.3 Å². The quantitative estimate of drug-likeness (QED) is 0.214. The van der Waals surface area contributed by atoms with Crippen molar-refractivity contribution < 1.29 is 24.2 Å². The van der Waals surface area contributed by atoms with Crippen LogP contribution in [0.5, 0.6) is 11.5 Å². The molecule has 0 aliphatic rings. The van der Waals surface area contributed by atoms with Crippen molar-refractivity contribution in [1.82, 2.24) is 0 Å². The summed E-state index contributed by atoms with van der Waals surface area (Å²) in [7, 11) is 1.43. The second kappa shape index (κ2) is 9.97. The number of hydrogen-bond donors (Lipinski definition) is 2. The highest BCUT2D eigenvalue weighted by molar-refractivity contribution is 6.36. The van der Waals surface area contributed by atoms with Gasteiger partial charge in [-0.15, -0.1) is 0 Å². The highest BCUT2D eigenvalue weighted by atomic mass is 35.5. The lowest BCUT2D eigenvalue weighted by Gasteiger charge is -2.11. The summed E-state index contributed by atoms with van der Waals surface area (Å²) in [4.78, 5) is 23.7. The van der Waals surface area contributed by atoms with Gasteiger partial charge in [0.05, 0.1) is 35.2 Å². The lowest BCUT2D eigenvalue weighted by Crippen LogP contribution is -2.10. The minimum Gasteiger partial charge on any atom is -0.493 e. The zero-order valence-corrected chi connectivity index (χ0v) is 17.6. The molecule has 3 rings (SSSR count). The van der Waals surface area contributed by atoms with Gasteiger partial charge in [-0.2, -0.15) is 5.10 Å². The first-order valence-corrected chi connectivity index (χ1v) is 9.61. The van der Waals surface area contributed by atoms with Gasteiger partial charge in [0.2, 0.25) is 0 Å². The molecule has 0 unspecified atom stereocenters. The van der Waals surface area contributed by atoms with E-state index >= 15 is 0 Å². The van der Waals surface area contributed by atoms with Crippen LogP contribution in [0.4, 0.5) is 5.69 Å². The van der Waals surface area contributed by atoms with Gasteiger partial charge in [-0.25, -0.2) is 9.59 Å². The number of rotatable bonds is 7. The topological polar surface area (TPSA) is 97.2 Å². The Balaban J connectivity index is 1.75. The standard InChI is InChI=1S/C22H16Cl2N2O5/c1-30-20-10-13(12-25-26-18-5-3-2-4-16(18)21(27)28)6-9-19(20)31-22(29)15-8-7-14(23)11-17(15)24/h2-12,26H,1H3,(H,27,28). The van der Waals surface area contributed by atoms with E-state index in [2.05, 4.69) is 10.5 Å². The number of nitrogens with zero attached hydrogens (tertiary/aromatic N) is 1. The summed E-state index contributed by atoms with van der Waals surface area (Å²) in [5.41, 5.74) is 3.94. The first-order valence-electron chi connectivity index (χ1n) is 8.85. The lowest BCUT2D eigenvalue weighted by molar-refractivity contribution is 0.0695. The maximum atomic E-state index is 12.4. The number of anilines is 1. The molecule has 7 nitrogen and oxygen atoms in total. The van der Waals surface area contributed by atoms with Crippen molar-refractivity contribution in [2.45, 2.75) is 0 Å². The van der Waals surface area contributed by atoms with Crippen LogP contribution in [-0.2, 0) is 0 Å². The van der Waals surface area contributed by atoms with Crippen LogP contribution < -0.4 is 14.9 Å². The van der Waals surface area contributed by atoms with Crippen LogP contribution in [0.3, 0.4) is 0 Å². The Kier molecular flexibility index (Phi) is 7.12. The smallest absolute Gasteiger partial charge is 0.345 e. The molecule has 0 saturated carbocycles. The van der Waals surface area contributed by atoms with Gasteiger partial charge in [0.15, 0.2) is 11.5 Å². The van der Waals surface area contributed by atoms with Crippen LogP contribution in [0.15, 0.2) is 65.8 Å². The first-order chi connectivity index (χ1) is 14.9. The number of carbonyl (C=O) groups is 2. The highest BCUT2D eigenvalue weighted by Gasteiger charge is 2.16. The Labute approximate surface area is 187 Å². The number of nitrogens with one attached hydrogen (secondary N) is 1. The molecule has 0 fully saturated rings. The molecule has 0 atom stereocenters. The molecule has 3 aromatic rings. The molecule has 9 heteroatoms. The molecule has 3 aromatic carbocycles. The number of ether oxygens (including phenoxy) is 2. The van der Waals surface area contributed by atoms with Crippen LogP contribution in [0.1, 0.15) is 26.3 Å². The summed E-state index contributed by atoms with van der Waals surface area (Å²) in [5.74, 6) is -1.23. The molecule has 0 radical (unpaired) electrons. The predicted molar refractivity (Wildman–Crippen MR) is 119 cm³/mol. The number of carbonyl (C=O) groups excluding carboxylic acids is 1. The van der Waals surface area contributed by atoms with E-state index in [0.717, 1.165) is 0 Å². The van der Waals surface area contributed by atoms with Crippen LogP contribution >= 0.6 is 23.2 Å². The Bertz CT molecular complexity index is 1160. The van der Waals surface area contributed by atoms with Gasteiger partial charge in [-0.05, 0) is 54.1 Å². The van der Waals surface area contributed by atoms with E-state index in [1.807, 2.05) is 0 Å². The molecule has 0 aliphatic carbocycles. The zero-order chi connectivity index (χ0) is 22.4. The SMILES string of the molecule is COc1cc(C=NNc2ccccc2C(=O)O)ccc1OC(=O)c1ccc(Cl)cc1Cl. The average molecular weight is 459 g/mol. The van der Waals surface area contributed by atoms with Crippen molar-refractivity contribution in [3.05, 3.63) is 87.4 Å². The van der Waals surface area contributed by atoms with Crippen LogP contribution in [0, 0.1) is 0 Å². The summed E-state index contributed by atoms with van der Waals surface area (Å²) in [5, 5.41) is 13.8. The van der Waals surface area contributed by atoms with E-state index < -0.39 is 11.9 Å². The number of para-hydroxylation sites is 1. The highest BCUT2D eigenvalue weighted by Crippen LogP contribution is 2.30. The van der Waals surface area contributed by atoms with Crippen molar-refractivity contribution in [3.8, 4) is 11.5 Å². The molecule has 31 heavy (non-hydrogen) atoms. The number of carboxylic acid groups (broad SMARTS) is 1. The van der Waals surface area contributed by atoms with Crippen molar-refractivity contribution in [2.75, 3.05) is 12.5 Å². The second-order valence-corrected chi connectivity index (χ2v) is 6.99. The number of hydrogen-bond acceptors (Lipinski definition) is 6. The van der Waals surface area contributed by atoms with Gasteiger partial charge in [-0.3, -0.25) is 5.43 Å². The minimum absolute atomic E-state index is 0.0975. The Hall–Kier alpha value is -3.55. The second-order valence-electron chi connectivity index (χ2n) is 6.14. The number of aromatic carboxylic acids is 1. The van der Waals surface area contributed by atoms with Crippen molar-refractivity contribution in [2.24, 2.45) is 5.10 Å². The van der Waals surface area contributed by atoms with E-state index in [4.69, 9.17) is 32.7 Å². The fourth-order valence-electron chi connectivity index (χ4n) is 2.60. The molecule has 0 aliphatic heterocycles. The predicted octanol–water partition coefficient (Wildman–Crippen LogP) is 5.37. The zero-order valence-electron chi connectivity index (χ0n) is 16.1. The van der Waals surface area contributed by atoms with Crippen molar-refractivity contribution in [3.63, 3.8) is 0 Å². The molecule has 0 spiro atoms. The molecule has 0 bridgehead atoms. The molecule has 0 amide bonds. The number of halogens is 2. The molecule has 0 heterocycles. The molecule has 158 valence electrons. The fraction of sp³-hybridized carbons (Fsp3) is 0.0455. The number of benzene rings is 3. The van der Waals surface area contributed by atoms with Crippen LogP contribution in [0.2, 0.25) is 10.0 Å². The largest absolute Gasteiger partial charge is 0.493 e. The maximum absolute atomic E-state index is 12.4. The first kappa shape index (κ1) is 22.1. The third kappa shape index (κ3) is 5.53. The Morgan fingerprint density at radius 2 is 1.77 bits per heavy atom. The number of carboxylic acids is 1. The summed E-state index contributed by atoms with van der Waals surface area (Å²) < 4.78 is 10.7. The van der Waals surface area contributed by atoms with Crippen molar-refractivity contribution >= 4 is 47.0 Å². The molecule has 2 N–H and O–H groups in total. The van der Waals surface area contributed by atoms with Crippen LogP contribution in [-0.4, -0.2) is 30.4 Å². The third-order valence-electron chi connectivity index (χ3n) is 4.10. The van der Waals surface area contributed by atoms with Crippen LogP contribution in [0.25, 0.3) is 0 Å².